The molecule has 8 nitrogen and oxygen atoms in total. The summed E-state index contributed by atoms with van der Waals surface area (Å²) < 4.78 is 20.9. The number of hydrogen-bond donors (Lipinski definition) is 2. The molecule has 1 aliphatic rings. The van der Waals surface area contributed by atoms with Gasteiger partial charge in [0.15, 0.2) is 0 Å². The maximum absolute atomic E-state index is 11.6. The van der Waals surface area contributed by atoms with Gasteiger partial charge < -0.3 is 29.6 Å². The molecule has 2 rings (SSSR count). The van der Waals surface area contributed by atoms with Gasteiger partial charge in [-0.3, -0.25) is 0 Å². The Bertz CT molecular complexity index is 641. The minimum atomic E-state index is -0.667. The van der Waals surface area contributed by atoms with Crippen LogP contribution in [-0.4, -0.2) is 57.3 Å². The highest BCUT2D eigenvalue weighted by molar-refractivity contribution is 9.10. The summed E-state index contributed by atoms with van der Waals surface area (Å²) in [6, 6.07) is 3.78. The van der Waals surface area contributed by atoms with Crippen LogP contribution < -0.4 is 20.1 Å². The normalized spacial score (nSPS) is 13.3. The Hall–Kier alpha value is -1.81. The molecule has 1 saturated heterocycles. The Kier molecular flexibility index (Phi) is 8.17. The van der Waals surface area contributed by atoms with E-state index >= 15 is 0 Å². The smallest absolute Gasteiger partial charge is 0.410 e. The Morgan fingerprint density at radius 3 is 2.46 bits per heavy atom. The van der Waals surface area contributed by atoms with E-state index in [0.29, 0.717) is 24.5 Å². The van der Waals surface area contributed by atoms with Crippen LogP contribution in [0, 0.1) is 0 Å². The van der Waals surface area contributed by atoms with Crippen LogP contribution in [0.1, 0.15) is 5.56 Å². The summed E-state index contributed by atoms with van der Waals surface area (Å²) in [4.78, 5) is 23.0. The van der Waals surface area contributed by atoms with Gasteiger partial charge in [-0.15, -0.1) is 0 Å². The van der Waals surface area contributed by atoms with Gasteiger partial charge in [0.05, 0.1) is 24.7 Å². The zero-order valence-corrected chi connectivity index (χ0v) is 16.9. The zero-order valence-electron chi connectivity index (χ0n) is 14.5. The SMILES string of the molecule is COc1cc(CCNC(=O)OCOC(=O)NC2CSC2)c(OC)cc1Br. The highest BCUT2D eigenvalue weighted by Crippen LogP contribution is 2.32. The molecule has 0 aromatic heterocycles. The number of nitrogens with one attached hydrogen (secondary N) is 2. The molecule has 10 heteroatoms. The third-order valence-electron chi connectivity index (χ3n) is 3.56. The van der Waals surface area contributed by atoms with Gasteiger partial charge in [0.25, 0.3) is 0 Å². The Morgan fingerprint density at radius 2 is 1.85 bits per heavy atom. The minimum Gasteiger partial charge on any atom is -0.496 e. The van der Waals surface area contributed by atoms with Crippen molar-refractivity contribution in [2.75, 3.05) is 39.1 Å². The van der Waals surface area contributed by atoms with Crippen molar-refractivity contribution in [3.8, 4) is 11.5 Å². The minimum absolute atomic E-state index is 0.138. The van der Waals surface area contributed by atoms with E-state index in [2.05, 4.69) is 26.6 Å². The van der Waals surface area contributed by atoms with Crippen molar-refractivity contribution in [1.29, 1.82) is 0 Å². The molecule has 0 radical (unpaired) electrons. The van der Waals surface area contributed by atoms with Gasteiger partial charge >= 0.3 is 12.2 Å². The van der Waals surface area contributed by atoms with Crippen LogP contribution in [0.2, 0.25) is 0 Å². The van der Waals surface area contributed by atoms with Gasteiger partial charge in [0, 0.05) is 18.1 Å². The van der Waals surface area contributed by atoms with Crippen LogP contribution in [0.3, 0.4) is 0 Å². The van der Waals surface area contributed by atoms with Crippen molar-refractivity contribution in [3.05, 3.63) is 22.2 Å². The third-order valence-corrected chi connectivity index (χ3v) is 5.45. The quantitative estimate of drug-likeness (QED) is 0.589. The predicted octanol–water partition coefficient (Wildman–Crippen LogP) is 2.53. The molecule has 1 aliphatic heterocycles. The Labute approximate surface area is 164 Å². The first kappa shape index (κ1) is 20.5. The summed E-state index contributed by atoms with van der Waals surface area (Å²) >= 11 is 5.14. The molecule has 26 heavy (non-hydrogen) atoms. The number of ether oxygens (including phenoxy) is 4. The van der Waals surface area contributed by atoms with Crippen molar-refractivity contribution in [2.24, 2.45) is 0 Å². The molecule has 0 aliphatic carbocycles. The Morgan fingerprint density at radius 1 is 1.15 bits per heavy atom. The van der Waals surface area contributed by atoms with E-state index < -0.39 is 19.0 Å². The lowest BCUT2D eigenvalue weighted by molar-refractivity contribution is 0.0237. The summed E-state index contributed by atoms with van der Waals surface area (Å²) in [6.07, 6.45) is -0.738. The van der Waals surface area contributed by atoms with Crippen molar-refractivity contribution in [3.63, 3.8) is 0 Å². The summed E-state index contributed by atoms with van der Waals surface area (Å²) in [5.41, 5.74) is 0.877. The van der Waals surface area contributed by atoms with Crippen LogP contribution in [0.15, 0.2) is 16.6 Å². The number of carbonyl (C=O) groups is 2. The maximum Gasteiger partial charge on any atom is 0.410 e. The second kappa shape index (κ2) is 10.4. The first-order valence-electron chi connectivity index (χ1n) is 7.85. The highest BCUT2D eigenvalue weighted by atomic mass is 79.9. The van der Waals surface area contributed by atoms with Crippen molar-refractivity contribution < 1.29 is 28.5 Å². The predicted molar refractivity (Wildman–Crippen MR) is 101 cm³/mol. The molecule has 2 N–H and O–H groups in total. The Balaban J connectivity index is 1.68. The molecule has 0 unspecified atom stereocenters. The molecule has 0 atom stereocenters. The van der Waals surface area contributed by atoms with Crippen LogP contribution in [0.25, 0.3) is 0 Å². The number of methoxy groups -OCH3 is 2. The van der Waals surface area contributed by atoms with Gasteiger partial charge in [-0.05, 0) is 40.0 Å². The third kappa shape index (κ3) is 6.17. The number of halogens is 1. The summed E-state index contributed by atoms with van der Waals surface area (Å²) in [7, 11) is 3.15. The molecule has 144 valence electrons. The fraction of sp³-hybridized carbons (Fsp3) is 0.500. The number of amides is 2. The van der Waals surface area contributed by atoms with E-state index in [1.165, 1.54) is 0 Å². The summed E-state index contributed by atoms with van der Waals surface area (Å²) in [5.74, 6) is 3.11. The van der Waals surface area contributed by atoms with Crippen LogP contribution >= 0.6 is 27.7 Å². The van der Waals surface area contributed by atoms with Crippen molar-refractivity contribution in [1.82, 2.24) is 10.6 Å². The largest absolute Gasteiger partial charge is 0.496 e. The standard InChI is InChI=1S/C16H21BrN2O6S/c1-22-13-6-12(17)14(23-2)5-10(13)3-4-18-15(20)24-9-25-16(21)19-11-7-26-8-11/h5-6,11H,3-4,7-9H2,1-2H3,(H,18,20)(H,19,21). The number of alkyl carbamates (subject to hydrolysis) is 2. The first-order valence-corrected chi connectivity index (χ1v) is 9.80. The molecule has 1 aromatic carbocycles. The molecule has 2 amide bonds. The van der Waals surface area contributed by atoms with Gasteiger partial charge in [-0.25, -0.2) is 9.59 Å². The van der Waals surface area contributed by atoms with E-state index in [-0.39, 0.29) is 6.04 Å². The summed E-state index contributed by atoms with van der Waals surface area (Å²) in [5, 5.41) is 5.25. The molecule has 0 bridgehead atoms. The fourth-order valence-electron chi connectivity index (χ4n) is 2.13. The molecular formula is C16H21BrN2O6S. The molecule has 1 fully saturated rings. The second-order valence-electron chi connectivity index (χ2n) is 5.34. The number of thioether (sulfide) groups is 1. The lowest BCUT2D eigenvalue weighted by atomic mass is 10.1. The number of carbonyl (C=O) groups excluding carboxylic acids is 2. The fourth-order valence-corrected chi connectivity index (χ4v) is 3.26. The van der Waals surface area contributed by atoms with Crippen molar-refractivity contribution >= 4 is 39.9 Å². The number of benzene rings is 1. The van der Waals surface area contributed by atoms with E-state index in [1.807, 2.05) is 6.07 Å². The van der Waals surface area contributed by atoms with E-state index in [9.17, 15) is 9.59 Å². The monoisotopic (exact) mass is 448 g/mol. The topological polar surface area (TPSA) is 95.1 Å². The zero-order chi connectivity index (χ0) is 18.9. The van der Waals surface area contributed by atoms with Gasteiger partial charge in [0.1, 0.15) is 11.5 Å². The molecule has 1 aromatic rings. The summed E-state index contributed by atoms with van der Waals surface area (Å²) in [6.45, 7) is -0.113. The van der Waals surface area contributed by atoms with Gasteiger partial charge in [-0.2, -0.15) is 11.8 Å². The van der Waals surface area contributed by atoms with Gasteiger partial charge in [0.2, 0.25) is 6.79 Å². The maximum atomic E-state index is 11.6. The molecular weight excluding hydrogens is 428 g/mol. The first-order chi connectivity index (χ1) is 12.5. The van der Waals surface area contributed by atoms with Crippen LogP contribution in [0.5, 0.6) is 11.5 Å². The van der Waals surface area contributed by atoms with Crippen LogP contribution in [-0.2, 0) is 15.9 Å². The lowest BCUT2D eigenvalue weighted by Gasteiger charge is -2.25. The highest BCUT2D eigenvalue weighted by Gasteiger charge is 2.20. The van der Waals surface area contributed by atoms with Gasteiger partial charge in [-0.1, -0.05) is 0 Å². The molecule has 1 heterocycles. The second-order valence-corrected chi connectivity index (χ2v) is 7.26. The van der Waals surface area contributed by atoms with Crippen molar-refractivity contribution in [2.45, 2.75) is 12.5 Å². The average molecular weight is 449 g/mol. The molecule has 0 spiro atoms. The van der Waals surface area contributed by atoms with Crippen LogP contribution in [0.4, 0.5) is 9.59 Å². The molecule has 0 saturated carbocycles. The lowest BCUT2D eigenvalue weighted by Crippen LogP contribution is -2.44. The average Bonchev–Trinajstić information content (AvgIpc) is 2.59. The van der Waals surface area contributed by atoms with E-state index in [1.54, 1.807) is 32.0 Å². The van der Waals surface area contributed by atoms with E-state index in [0.717, 1.165) is 21.5 Å². The number of hydrogen-bond acceptors (Lipinski definition) is 7. The number of rotatable bonds is 8. The van der Waals surface area contributed by atoms with E-state index in [4.69, 9.17) is 18.9 Å².